The molecular weight excluding hydrogens is 247 g/mol. The largest absolute Gasteiger partial charge is 0.387 e. The second kappa shape index (κ2) is 7.21. The first-order valence-electron chi connectivity index (χ1n) is 4.97. The van der Waals surface area contributed by atoms with Crippen LogP contribution in [-0.2, 0) is 4.79 Å². The van der Waals surface area contributed by atoms with Crippen molar-refractivity contribution in [2.24, 2.45) is 5.73 Å². The number of carbonyl (C=O) groups excluding carboxylic acids is 1. The summed E-state index contributed by atoms with van der Waals surface area (Å²) in [5.74, 6) is -0.773. The van der Waals surface area contributed by atoms with E-state index < -0.39 is 18.0 Å². The van der Waals surface area contributed by atoms with E-state index in [-0.39, 0.29) is 24.9 Å². The van der Waals surface area contributed by atoms with Gasteiger partial charge in [-0.1, -0.05) is 12.1 Å². The van der Waals surface area contributed by atoms with E-state index in [0.29, 0.717) is 5.56 Å². The number of aliphatic hydroxyl groups excluding tert-OH is 1. The molecule has 0 aliphatic rings. The fourth-order valence-corrected chi connectivity index (χ4v) is 1.19. The van der Waals surface area contributed by atoms with Gasteiger partial charge in [-0.25, -0.2) is 4.39 Å². The monoisotopic (exact) mass is 262 g/mol. The minimum Gasteiger partial charge on any atom is -0.387 e. The molecule has 0 aliphatic heterocycles. The second-order valence-corrected chi connectivity index (χ2v) is 3.60. The molecule has 0 spiro atoms. The molecule has 1 unspecified atom stereocenters. The van der Waals surface area contributed by atoms with E-state index in [1.54, 1.807) is 13.0 Å². The lowest BCUT2D eigenvalue weighted by Gasteiger charge is -2.13. The summed E-state index contributed by atoms with van der Waals surface area (Å²) in [6.45, 7) is 1.56. The van der Waals surface area contributed by atoms with E-state index in [1.807, 2.05) is 0 Å². The van der Waals surface area contributed by atoms with Crippen LogP contribution in [0, 0.1) is 5.82 Å². The van der Waals surface area contributed by atoms with Crippen LogP contribution in [0.5, 0.6) is 0 Å². The minimum atomic E-state index is -0.932. The van der Waals surface area contributed by atoms with Crippen molar-refractivity contribution in [3.8, 4) is 0 Å². The van der Waals surface area contributed by atoms with Crippen LogP contribution < -0.4 is 11.1 Å². The zero-order valence-corrected chi connectivity index (χ0v) is 10.2. The summed E-state index contributed by atoms with van der Waals surface area (Å²) in [7, 11) is 0. The molecule has 0 bridgehead atoms. The number of hydrogen-bond donors (Lipinski definition) is 3. The standard InChI is InChI=1S/C11H15FN2O2.ClH/c1-7(13)11(16)14-6-10(15)8-3-2-4-9(12)5-8;/h2-5,7,10,15H,6,13H2,1H3,(H,14,16);1H/t7-,10?;/m1./s1. The third-order valence-corrected chi connectivity index (χ3v) is 2.12. The Kier molecular flexibility index (Phi) is 6.72. The number of halogens is 2. The molecule has 0 aliphatic carbocycles. The Morgan fingerprint density at radius 3 is 2.76 bits per heavy atom. The topological polar surface area (TPSA) is 75.4 Å². The van der Waals surface area contributed by atoms with Gasteiger partial charge in [0.05, 0.1) is 12.1 Å². The highest BCUT2D eigenvalue weighted by atomic mass is 35.5. The van der Waals surface area contributed by atoms with Gasteiger partial charge in [0, 0.05) is 6.54 Å². The van der Waals surface area contributed by atoms with Crippen LogP contribution in [-0.4, -0.2) is 23.6 Å². The van der Waals surface area contributed by atoms with Crippen molar-refractivity contribution in [1.29, 1.82) is 0 Å². The normalized spacial score (nSPS) is 13.4. The number of nitrogens with two attached hydrogens (primary N) is 1. The molecule has 0 heterocycles. The summed E-state index contributed by atoms with van der Waals surface area (Å²) in [6, 6.07) is 4.98. The van der Waals surface area contributed by atoms with E-state index in [2.05, 4.69) is 5.32 Å². The Morgan fingerprint density at radius 2 is 2.24 bits per heavy atom. The molecular formula is C11H16ClFN2O2. The van der Waals surface area contributed by atoms with Crippen molar-refractivity contribution in [1.82, 2.24) is 5.32 Å². The molecule has 4 N–H and O–H groups in total. The second-order valence-electron chi connectivity index (χ2n) is 3.60. The Labute approximate surface area is 105 Å². The van der Waals surface area contributed by atoms with Crippen molar-refractivity contribution in [2.45, 2.75) is 19.1 Å². The summed E-state index contributed by atoms with van der Waals surface area (Å²) in [4.78, 5) is 11.1. The van der Waals surface area contributed by atoms with E-state index in [1.165, 1.54) is 18.2 Å². The average molecular weight is 263 g/mol. The van der Waals surface area contributed by atoms with E-state index in [9.17, 15) is 14.3 Å². The maximum absolute atomic E-state index is 12.8. The fourth-order valence-electron chi connectivity index (χ4n) is 1.19. The first kappa shape index (κ1) is 15.8. The van der Waals surface area contributed by atoms with Gasteiger partial charge in [0.1, 0.15) is 5.82 Å². The van der Waals surface area contributed by atoms with Gasteiger partial charge in [-0.15, -0.1) is 12.4 Å². The third kappa shape index (κ3) is 5.12. The number of rotatable bonds is 4. The zero-order valence-electron chi connectivity index (χ0n) is 9.39. The predicted octanol–water partition coefficient (Wildman–Crippen LogP) is 0.744. The smallest absolute Gasteiger partial charge is 0.236 e. The number of nitrogens with one attached hydrogen (secondary N) is 1. The van der Waals surface area contributed by atoms with Crippen LogP contribution in [0.3, 0.4) is 0 Å². The molecule has 0 saturated heterocycles. The molecule has 1 aromatic rings. The molecule has 4 nitrogen and oxygen atoms in total. The number of aliphatic hydroxyl groups is 1. The molecule has 1 rings (SSSR count). The summed E-state index contributed by atoms with van der Waals surface area (Å²) in [6.07, 6.45) is -0.932. The van der Waals surface area contributed by atoms with Gasteiger partial charge in [-0.3, -0.25) is 4.79 Å². The quantitative estimate of drug-likeness (QED) is 0.749. The number of amides is 1. The molecule has 17 heavy (non-hydrogen) atoms. The molecule has 96 valence electrons. The van der Waals surface area contributed by atoms with Crippen LogP contribution in [0.4, 0.5) is 4.39 Å². The highest BCUT2D eigenvalue weighted by molar-refractivity contribution is 5.85. The SMILES string of the molecule is C[C@@H](N)C(=O)NCC(O)c1cccc(F)c1.Cl. The predicted molar refractivity (Wildman–Crippen MR) is 65.3 cm³/mol. The van der Waals surface area contributed by atoms with Crippen molar-refractivity contribution in [3.05, 3.63) is 35.6 Å². The number of hydrogen-bond acceptors (Lipinski definition) is 3. The van der Waals surface area contributed by atoms with Crippen LogP contribution >= 0.6 is 12.4 Å². The lowest BCUT2D eigenvalue weighted by Crippen LogP contribution is -2.40. The highest BCUT2D eigenvalue weighted by Crippen LogP contribution is 2.12. The first-order chi connectivity index (χ1) is 7.50. The van der Waals surface area contributed by atoms with E-state index >= 15 is 0 Å². The lowest BCUT2D eigenvalue weighted by atomic mass is 10.1. The van der Waals surface area contributed by atoms with E-state index in [4.69, 9.17) is 5.73 Å². The van der Waals surface area contributed by atoms with Gasteiger partial charge in [-0.05, 0) is 24.6 Å². The van der Waals surface area contributed by atoms with Gasteiger partial charge in [0.15, 0.2) is 0 Å². The molecule has 0 radical (unpaired) electrons. The lowest BCUT2D eigenvalue weighted by molar-refractivity contribution is -0.122. The third-order valence-electron chi connectivity index (χ3n) is 2.12. The van der Waals surface area contributed by atoms with Crippen molar-refractivity contribution in [2.75, 3.05) is 6.54 Å². The molecule has 0 fully saturated rings. The fraction of sp³-hybridized carbons (Fsp3) is 0.364. The maximum atomic E-state index is 12.8. The zero-order chi connectivity index (χ0) is 12.1. The first-order valence-corrected chi connectivity index (χ1v) is 4.97. The van der Waals surface area contributed by atoms with Crippen LogP contribution in [0.25, 0.3) is 0 Å². The van der Waals surface area contributed by atoms with Gasteiger partial charge >= 0.3 is 0 Å². The molecule has 6 heteroatoms. The Balaban J connectivity index is 0.00000256. The molecule has 0 saturated carbocycles. The Bertz CT molecular complexity index is 374. The van der Waals surface area contributed by atoms with Gasteiger partial charge < -0.3 is 16.2 Å². The Hall–Kier alpha value is -1.17. The van der Waals surface area contributed by atoms with Gasteiger partial charge in [-0.2, -0.15) is 0 Å². The highest BCUT2D eigenvalue weighted by Gasteiger charge is 2.12. The van der Waals surface area contributed by atoms with Crippen LogP contribution in [0.1, 0.15) is 18.6 Å². The summed E-state index contributed by atoms with van der Waals surface area (Å²) < 4.78 is 12.8. The Morgan fingerprint density at radius 1 is 1.59 bits per heavy atom. The summed E-state index contributed by atoms with van der Waals surface area (Å²) in [5, 5.41) is 12.1. The van der Waals surface area contributed by atoms with Crippen molar-refractivity contribution in [3.63, 3.8) is 0 Å². The van der Waals surface area contributed by atoms with Gasteiger partial charge in [0.2, 0.25) is 5.91 Å². The molecule has 0 aromatic heterocycles. The van der Waals surface area contributed by atoms with Gasteiger partial charge in [0.25, 0.3) is 0 Å². The maximum Gasteiger partial charge on any atom is 0.236 e. The minimum absolute atomic E-state index is 0. The molecule has 1 aromatic carbocycles. The number of benzene rings is 1. The summed E-state index contributed by atoms with van der Waals surface area (Å²) >= 11 is 0. The van der Waals surface area contributed by atoms with Crippen LogP contribution in [0.15, 0.2) is 24.3 Å². The number of carbonyl (C=O) groups is 1. The van der Waals surface area contributed by atoms with E-state index in [0.717, 1.165) is 0 Å². The van der Waals surface area contributed by atoms with Crippen molar-refractivity contribution < 1.29 is 14.3 Å². The molecule has 2 atom stereocenters. The van der Waals surface area contributed by atoms with Crippen molar-refractivity contribution >= 4 is 18.3 Å². The molecule has 1 amide bonds. The van der Waals surface area contributed by atoms with Crippen LogP contribution in [0.2, 0.25) is 0 Å². The average Bonchev–Trinajstić information content (AvgIpc) is 2.25. The summed E-state index contributed by atoms with van der Waals surface area (Å²) in [5.41, 5.74) is 5.75.